The Bertz CT molecular complexity index is 504. The first-order valence-electron chi connectivity index (χ1n) is 5.87. The highest BCUT2D eigenvalue weighted by Crippen LogP contribution is 2.29. The number of carbonyl (C=O) groups is 1. The number of aryl methyl sites for hydroxylation is 1. The lowest BCUT2D eigenvalue weighted by atomic mass is 9.99. The third-order valence-corrected chi connectivity index (χ3v) is 3.59. The van der Waals surface area contributed by atoms with Crippen molar-refractivity contribution in [3.05, 3.63) is 29.6 Å². The smallest absolute Gasteiger partial charge is 0.227 e. The van der Waals surface area contributed by atoms with E-state index in [1.807, 2.05) is 6.92 Å². The summed E-state index contributed by atoms with van der Waals surface area (Å²) in [4.78, 5) is 14.0. The van der Waals surface area contributed by atoms with E-state index in [0.29, 0.717) is 24.4 Å². The molecule has 0 radical (unpaired) electrons. The Morgan fingerprint density at radius 2 is 2.28 bits per heavy atom. The Hall–Kier alpha value is -1.49. The number of amides is 1. The van der Waals surface area contributed by atoms with Gasteiger partial charge < -0.3 is 10.6 Å². The standard InChI is InChI=1S/C13H15FN2OS/c1-8(13(15)18)7-16-11-4-3-10(14)6-9(11)2-5-12(16)17/h3-4,6,8H,2,5,7H2,1H3,(H2,15,18). The van der Waals surface area contributed by atoms with Crippen LogP contribution in [0, 0.1) is 11.7 Å². The van der Waals surface area contributed by atoms with E-state index in [1.54, 1.807) is 11.0 Å². The van der Waals surface area contributed by atoms with Gasteiger partial charge in [0.25, 0.3) is 0 Å². The summed E-state index contributed by atoms with van der Waals surface area (Å²) in [7, 11) is 0. The number of thiocarbonyl (C=S) groups is 1. The predicted molar refractivity (Wildman–Crippen MR) is 73.0 cm³/mol. The fraction of sp³-hybridized carbons (Fsp3) is 0.385. The quantitative estimate of drug-likeness (QED) is 0.851. The highest BCUT2D eigenvalue weighted by atomic mass is 32.1. The lowest BCUT2D eigenvalue weighted by molar-refractivity contribution is -0.119. The second-order valence-corrected chi connectivity index (χ2v) is 5.05. The van der Waals surface area contributed by atoms with Crippen LogP contribution in [0.2, 0.25) is 0 Å². The fourth-order valence-corrected chi connectivity index (χ4v) is 2.17. The van der Waals surface area contributed by atoms with Crippen LogP contribution in [0.3, 0.4) is 0 Å². The Balaban J connectivity index is 2.30. The molecule has 5 heteroatoms. The van der Waals surface area contributed by atoms with E-state index in [-0.39, 0.29) is 17.6 Å². The van der Waals surface area contributed by atoms with Gasteiger partial charge in [-0.05, 0) is 30.2 Å². The SMILES string of the molecule is CC(CN1C(=O)CCc2cc(F)ccc21)C(N)=S. The summed E-state index contributed by atoms with van der Waals surface area (Å²) in [6.45, 7) is 2.33. The first kappa shape index (κ1) is 13.0. The van der Waals surface area contributed by atoms with E-state index < -0.39 is 0 Å². The van der Waals surface area contributed by atoms with Crippen LogP contribution < -0.4 is 10.6 Å². The summed E-state index contributed by atoms with van der Waals surface area (Å²) < 4.78 is 13.2. The number of benzene rings is 1. The van der Waals surface area contributed by atoms with Crippen molar-refractivity contribution in [1.29, 1.82) is 0 Å². The zero-order valence-corrected chi connectivity index (χ0v) is 11.0. The van der Waals surface area contributed by atoms with Crippen molar-refractivity contribution in [2.45, 2.75) is 19.8 Å². The highest BCUT2D eigenvalue weighted by Gasteiger charge is 2.26. The number of nitrogens with two attached hydrogens (primary N) is 1. The molecule has 0 bridgehead atoms. The molecule has 0 aliphatic carbocycles. The van der Waals surface area contributed by atoms with Crippen LogP contribution in [-0.2, 0) is 11.2 Å². The van der Waals surface area contributed by atoms with Crippen molar-refractivity contribution in [3.63, 3.8) is 0 Å². The summed E-state index contributed by atoms with van der Waals surface area (Å²) in [5, 5.41) is 0. The van der Waals surface area contributed by atoms with Gasteiger partial charge in [0.1, 0.15) is 5.82 Å². The van der Waals surface area contributed by atoms with Gasteiger partial charge in [-0.15, -0.1) is 0 Å². The second kappa shape index (κ2) is 5.02. The maximum Gasteiger partial charge on any atom is 0.227 e. The molecule has 0 saturated heterocycles. The van der Waals surface area contributed by atoms with Crippen LogP contribution in [0.5, 0.6) is 0 Å². The number of hydrogen-bond donors (Lipinski definition) is 1. The van der Waals surface area contributed by atoms with Crippen molar-refractivity contribution in [2.75, 3.05) is 11.4 Å². The molecule has 1 atom stereocenters. The van der Waals surface area contributed by atoms with Crippen molar-refractivity contribution >= 4 is 28.8 Å². The van der Waals surface area contributed by atoms with Crippen LogP contribution in [0.1, 0.15) is 18.9 Å². The monoisotopic (exact) mass is 266 g/mol. The van der Waals surface area contributed by atoms with Gasteiger partial charge in [-0.1, -0.05) is 19.1 Å². The van der Waals surface area contributed by atoms with Crippen LogP contribution in [0.25, 0.3) is 0 Å². The average Bonchev–Trinajstić information content (AvgIpc) is 2.32. The highest BCUT2D eigenvalue weighted by molar-refractivity contribution is 7.80. The van der Waals surface area contributed by atoms with Crippen LogP contribution in [0.4, 0.5) is 10.1 Å². The van der Waals surface area contributed by atoms with E-state index in [0.717, 1.165) is 11.3 Å². The lowest BCUT2D eigenvalue weighted by Crippen LogP contribution is -2.41. The van der Waals surface area contributed by atoms with Gasteiger partial charge in [0.2, 0.25) is 5.91 Å². The predicted octanol–water partition coefficient (Wildman–Crippen LogP) is 2.03. The molecule has 1 heterocycles. The van der Waals surface area contributed by atoms with E-state index >= 15 is 0 Å². The van der Waals surface area contributed by atoms with Crippen LogP contribution >= 0.6 is 12.2 Å². The Labute approximate surface area is 111 Å². The topological polar surface area (TPSA) is 46.3 Å². The van der Waals surface area contributed by atoms with E-state index in [4.69, 9.17) is 18.0 Å². The largest absolute Gasteiger partial charge is 0.393 e. The van der Waals surface area contributed by atoms with Crippen molar-refractivity contribution in [3.8, 4) is 0 Å². The maximum absolute atomic E-state index is 13.2. The number of carbonyl (C=O) groups excluding carboxylic acids is 1. The molecule has 0 saturated carbocycles. The van der Waals surface area contributed by atoms with Gasteiger partial charge in [-0.25, -0.2) is 4.39 Å². The summed E-state index contributed by atoms with van der Waals surface area (Å²) in [5.41, 5.74) is 7.22. The summed E-state index contributed by atoms with van der Waals surface area (Å²) >= 11 is 4.92. The summed E-state index contributed by atoms with van der Waals surface area (Å²) in [5.74, 6) is -0.289. The number of anilines is 1. The zero-order valence-electron chi connectivity index (χ0n) is 10.1. The van der Waals surface area contributed by atoms with Gasteiger partial charge in [0, 0.05) is 24.6 Å². The Morgan fingerprint density at radius 3 is 2.94 bits per heavy atom. The maximum atomic E-state index is 13.2. The number of hydrogen-bond acceptors (Lipinski definition) is 2. The molecular weight excluding hydrogens is 251 g/mol. The van der Waals surface area contributed by atoms with Gasteiger partial charge in [0.15, 0.2) is 0 Å². The first-order chi connectivity index (χ1) is 8.49. The fourth-order valence-electron chi connectivity index (χ4n) is 2.09. The number of halogens is 1. The van der Waals surface area contributed by atoms with Crippen molar-refractivity contribution in [1.82, 2.24) is 0 Å². The average molecular weight is 266 g/mol. The van der Waals surface area contributed by atoms with E-state index in [1.165, 1.54) is 12.1 Å². The molecule has 1 aliphatic rings. The molecule has 3 nitrogen and oxygen atoms in total. The number of fused-ring (bicyclic) bond motifs is 1. The number of nitrogens with zero attached hydrogens (tertiary/aromatic N) is 1. The molecule has 96 valence electrons. The van der Waals surface area contributed by atoms with Gasteiger partial charge in [0.05, 0.1) is 4.99 Å². The summed E-state index contributed by atoms with van der Waals surface area (Å²) in [6.07, 6.45) is 0.990. The normalized spacial score (nSPS) is 16.3. The minimum Gasteiger partial charge on any atom is -0.393 e. The molecule has 18 heavy (non-hydrogen) atoms. The van der Waals surface area contributed by atoms with Crippen LogP contribution in [0.15, 0.2) is 18.2 Å². The van der Waals surface area contributed by atoms with Crippen molar-refractivity contribution in [2.24, 2.45) is 11.7 Å². The molecule has 0 aromatic heterocycles. The summed E-state index contributed by atoms with van der Waals surface area (Å²) in [6, 6.07) is 4.50. The lowest BCUT2D eigenvalue weighted by Gasteiger charge is -2.31. The third-order valence-electron chi connectivity index (χ3n) is 3.18. The Kier molecular flexibility index (Phi) is 3.61. The van der Waals surface area contributed by atoms with Crippen LogP contribution in [-0.4, -0.2) is 17.4 Å². The van der Waals surface area contributed by atoms with Gasteiger partial charge >= 0.3 is 0 Å². The Morgan fingerprint density at radius 1 is 1.56 bits per heavy atom. The molecule has 1 amide bonds. The zero-order chi connectivity index (χ0) is 13.3. The number of rotatable bonds is 3. The molecule has 2 N–H and O–H groups in total. The van der Waals surface area contributed by atoms with Gasteiger partial charge in [-0.2, -0.15) is 0 Å². The van der Waals surface area contributed by atoms with Gasteiger partial charge in [-0.3, -0.25) is 4.79 Å². The molecular formula is C13H15FN2OS. The molecule has 0 fully saturated rings. The second-order valence-electron chi connectivity index (χ2n) is 4.58. The van der Waals surface area contributed by atoms with Crippen molar-refractivity contribution < 1.29 is 9.18 Å². The van der Waals surface area contributed by atoms with E-state index in [2.05, 4.69) is 0 Å². The molecule has 1 aromatic rings. The first-order valence-corrected chi connectivity index (χ1v) is 6.28. The molecule has 0 spiro atoms. The third kappa shape index (κ3) is 2.51. The molecule has 1 unspecified atom stereocenters. The minimum atomic E-state index is -0.273. The van der Waals surface area contributed by atoms with E-state index in [9.17, 15) is 9.18 Å². The molecule has 1 aliphatic heterocycles. The molecule has 1 aromatic carbocycles. The molecule has 2 rings (SSSR count). The minimum absolute atomic E-state index is 0.0391.